The van der Waals surface area contributed by atoms with Gasteiger partial charge in [0.05, 0.1) is 0 Å². The molecule has 0 fully saturated rings. The van der Waals surface area contributed by atoms with Gasteiger partial charge in [-0.25, -0.2) is 0 Å². The van der Waals surface area contributed by atoms with E-state index in [1.807, 2.05) is 44.2 Å². The molecule has 2 aromatic rings. The van der Waals surface area contributed by atoms with E-state index in [4.69, 9.17) is 0 Å². The lowest BCUT2D eigenvalue weighted by molar-refractivity contribution is 1.47. The van der Waals surface area contributed by atoms with Crippen LogP contribution in [0.25, 0.3) is 11.1 Å². The van der Waals surface area contributed by atoms with Gasteiger partial charge < -0.3 is 0 Å². The van der Waals surface area contributed by atoms with Crippen LogP contribution in [0.1, 0.15) is 25.0 Å². The smallest absolute Gasteiger partial charge is 0.0393 e. The van der Waals surface area contributed by atoms with Gasteiger partial charge in [0.2, 0.25) is 0 Å². The van der Waals surface area contributed by atoms with Crippen molar-refractivity contribution in [1.82, 2.24) is 0 Å². The average Bonchev–Trinajstić information content (AvgIpc) is 2.44. The first-order chi connectivity index (χ1) is 9.82. The van der Waals surface area contributed by atoms with Crippen molar-refractivity contribution < 1.29 is 0 Å². The van der Waals surface area contributed by atoms with Gasteiger partial charge >= 0.3 is 0 Å². The monoisotopic (exact) mass is 470 g/mol. The lowest BCUT2D eigenvalue weighted by Crippen LogP contribution is -1.82. The highest BCUT2D eigenvalue weighted by molar-refractivity contribution is 9.13. The molecule has 2 aromatic carbocycles. The molecule has 110 valence electrons. The van der Waals surface area contributed by atoms with E-state index in [-0.39, 0.29) is 0 Å². The minimum atomic E-state index is 1.04. The predicted molar refractivity (Wildman–Crippen MR) is 105 cm³/mol. The third kappa shape index (κ3) is 5.93. The average molecular weight is 473 g/mol. The number of hydrogen-bond acceptors (Lipinski definition) is 0. The Balaban J connectivity index is 0.000000219. The molecule has 0 heterocycles. The molecule has 0 aliphatic carbocycles. The maximum absolute atomic E-state index is 3.90. The summed E-state index contributed by atoms with van der Waals surface area (Å²) in [6.45, 7) is 11.7. The molecular weight excluding hydrogens is 456 g/mol. The van der Waals surface area contributed by atoms with Crippen LogP contribution in [0.2, 0.25) is 0 Å². The Hall–Kier alpha value is -0.640. The summed E-state index contributed by atoms with van der Waals surface area (Å²) >= 11 is 10.4. The first kappa shape index (κ1) is 18.4. The fourth-order valence-corrected chi connectivity index (χ4v) is 3.38. The van der Waals surface area contributed by atoms with Gasteiger partial charge in [-0.15, -0.1) is 0 Å². The van der Waals surface area contributed by atoms with Crippen LogP contribution in [0.3, 0.4) is 0 Å². The van der Waals surface area contributed by atoms with E-state index >= 15 is 0 Å². The Bertz CT molecular complexity index is 643. The van der Waals surface area contributed by atoms with Crippen LogP contribution >= 0.6 is 47.8 Å². The molecule has 0 amide bonds. The molecule has 21 heavy (non-hydrogen) atoms. The van der Waals surface area contributed by atoms with E-state index in [1.54, 1.807) is 0 Å². The molecule has 0 atom stereocenters. The fraction of sp³-hybridized carbons (Fsp3) is 0.111. The van der Waals surface area contributed by atoms with Crippen molar-refractivity contribution in [3.8, 4) is 0 Å². The number of benzene rings is 2. The van der Waals surface area contributed by atoms with E-state index in [9.17, 15) is 0 Å². The van der Waals surface area contributed by atoms with Crippen molar-refractivity contribution in [3.05, 3.63) is 80.2 Å². The van der Waals surface area contributed by atoms with Gasteiger partial charge in [0.15, 0.2) is 0 Å². The molecule has 0 N–H and O–H groups in total. The number of hydrogen-bond donors (Lipinski definition) is 0. The standard InChI is InChI=1S/C9H7Br3.C9H10/c1-5(2)7-3-6(10)4-8(11)9(7)12;1-8(2)9-6-4-3-5-7-9/h3-4H,1H2,2H3;3-7H,1H2,2H3. The Kier molecular flexibility index (Phi) is 7.64. The van der Waals surface area contributed by atoms with Crippen LogP contribution in [0.5, 0.6) is 0 Å². The maximum Gasteiger partial charge on any atom is 0.0393 e. The molecule has 0 aliphatic heterocycles. The minimum Gasteiger partial charge on any atom is -0.0955 e. The lowest BCUT2D eigenvalue weighted by atomic mass is 10.1. The summed E-state index contributed by atoms with van der Waals surface area (Å²) in [5.74, 6) is 0. The van der Waals surface area contributed by atoms with E-state index in [2.05, 4.69) is 73.1 Å². The molecule has 0 aliphatic rings. The largest absolute Gasteiger partial charge is 0.0955 e. The van der Waals surface area contributed by atoms with E-state index < -0.39 is 0 Å². The van der Waals surface area contributed by atoms with Gasteiger partial charge in [-0.3, -0.25) is 0 Å². The van der Waals surface area contributed by atoms with Crippen molar-refractivity contribution in [3.63, 3.8) is 0 Å². The molecule has 0 unspecified atom stereocenters. The molecular formula is C18H17Br3. The number of halogens is 3. The molecule has 0 bridgehead atoms. The molecule has 0 nitrogen and oxygen atoms in total. The van der Waals surface area contributed by atoms with Crippen LogP contribution < -0.4 is 0 Å². The highest BCUT2D eigenvalue weighted by atomic mass is 79.9. The number of rotatable bonds is 2. The summed E-state index contributed by atoms with van der Waals surface area (Å²) < 4.78 is 3.14. The quantitative estimate of drug-likeness (QED) is 0.392. The third-order valence-electron chi connectivity index (χ3n) is 2.72. The first-order valence-electron chi connectivity index (χ1n) is 6.34. The van der Waals surface area contributed by atoms with Gasteiger partial charge in [-0.05, 0) is 74.5 Å². The molecule has 0 saturated carbocycles. The van der Waals surface area contributed by atoms with Crippen molar-refractivity contribution in [2.24, 2.45) is 0 Å². The molecule has 3 heteroatoms. The second-order valence-electron chi connectivity index (χ2n) is 4.68. The van der Waals surface area contributed by atoms with Gasteiger partial charge in [0.1, 0.15) is 0 Å². The fourth-order valence-electron chi connectivity index (χ4n) is 1.59. The lowest BCUT2D eigenvalue weighted by Gasteiger charge is -2.06. The predicted octanol–water partition coefficient (Wildman–Crippen LogP) is 7.73. The zero-order valence-corrected chi connectivity index (χ0v) is 16.8. The first-order valence-corrected chi connectivity index (χ1v) is 8.72. The molecule has 0 aromatic heterocycles. The van der Waals surface area contributed by atoms with E-state index in [0.29, 0.717) is 0 Å². The van der Waals surface area contributed by atoms with Crippen LogP contribution in [0, 0.1) is 0 Å². The maximum atomic E-state index is 3.90. The summed E-state index contributed by atoms with van der Waals surface area (Å²) in [5.41, 5.74) is 4.51. The SMILES string of the molecule is C=C(C)c1cc(Br)cc(Br)c1Br.C=C(C)c1ccccc1. The Morgan fingerprint density at radius 1 is 0.857 bits per heavy atom. The normalized spacial score (nSPS) is 9.57. The highest BCUT2D eigenvalue weighted by Gasteiger charge is 2.05. The molecule has 0 spiro atoms. The van der Waals surface area contributed by atoms with Crippen molar-refractivity contribution in [2.75, 3.05) is 0 Å². The van der Waals surface area contributed by atoms with Crippen LogP contribution in [-0.4, -0.2) is 0 Å². The summed E-state index contributed by atoms with van der Waals surface area (Å²) in [7, 11) is 0. The van der Waals surface area contributed by atoms with Crippen LogP contribution in [0.4, 0.5) is 0 Å². The Morgan fingerprint density at radius 2 is 1.43 bits per heavy atom. The van der Waals surface area contributed by atoms with Crippen molar-refractivity contribution >= 4 is 58.9 Å². The van der Waals surface area contributed by atoms with Gasteiger partial charge in [0.25, 0.3) is 0 Å². The molecule has 0 saturated heterocycles. The van der Waals surface area contributed by atoms with Crippen molar-refractivity contribution in [2.45, 2.75) is 13.8 Å². The van der Waals surface area contributed by atoms with Crippen LogP contribution in [0.15, 0.2) is 69.0 Å². The zero-order chi connectivity index (χ0) is 16.0. The Morgan fingerprint density at radius 3 is 1.86 bits per heavy atom. The Labute approximate surface area is 152 Å². The topological polar surface area (TPSA) is 0 Å². The minimum absolute atomic E-state index is 1.04. The highest BCUT2D eigenvalue weighted by Crippen LogP contribution is 2.33. The van der Waals surface area contributed by atoms with E-state index in [0.717, 1.165) is 30.1 Å². The van der Waals surface area contributed by atoms with Crippen molar-refractivity contribution in [1.29, 1.82) is 0 Å². The molecule has 0 radical (unpaired) electrons. The zero-order valence-electron chi connectivity index (χ0n) is 12.1. The number of allylic oxidation sites excluding steroid dienone is 2. The van der Waals surface area contributed by atoms with E-state index in [1.165, 1.54) is 5.56 Å². The molecule has 2 rings (SSSR count). The summed E-state index contributed by atoms with van der Waals surface area (Å²) in [4.78, 5) is 0. The van der Waals surface area contributed by atoms with Gasteiger partial charge in [0, 0.05) is 13.4 Å². The summed E-state index contributed by atoms with van der Waals surface area (Å²) in [6, 6.07) is 14.2. The summed E-state index contributed by atoms with van der Waals surface area (Å²) in [6.07, 6.45) is 0. The van der Waals surface area contributed by atoms with Gasteiger partial charge in [-0.1, -0.05) is 65.0 Å². The summed E-state index contributed by atoms with van der Waals surface area (Å²) in [5, 5.41) is 0. The van der Waals surface area contributed by atoms with Gasteiger partial charge in [-0.2, -0.15) is 0 Å². The third-order valence-corrected chi connectivity index (χ3v) is 5.19. The van der Waals surface area contributed by atoms with Crippen LogP contribution in [-0.2, 0) is 0 Å². The second kappa shape index (κ2) is 8.72. The second-order valence-corrected chi connectivity index (χ2v) is 7.24.